The average molecular weight is 557 g/mol. The number of hydrogen-bond acceptors (Lipinski definition) is 6. The number of amides is 1. The second kappa shape index (κ2) is 10.5. The van der Waals surface area contributed by atoms with Gasteiger partial charge in [0.15, 0.2) is 0 Å². The van der Waals surface area contributed by atoms with Crippen LogP contribution in [0.4, 0.5) is 15.9 Å². The number of anilines is 2. The van der Waals surface area contributed by atoms with E-state index in [1.54, 1.807) is 12.4 Å². The molecule has 4 heterocycles. The van der Waals surface area contributed by atoms with Crippen LogP contribution >= 0.6 is 0 Å². The number of imidazole rings is 1. The van der Waals surface area contributed by atoms with Crippen LogP contribution in [0.3, 0.4) is 0 Å². The van der Waals surface area contributed by atoms with E-state index >= 15 is 0 Å². The third kappa shape index (κ3) is 5.31. The monoisotopic (exact) mass is 556 g/mol. The normalized spacial score (nSPS) is 19.0. The number of benzene rings is 1. The van der Waals surface area contributed by atoms with Crippen molar-refractivity contribution in [1.29, 1.82) is 0 Å². The smallest absolute Gasteiger partial charge is 0.254 e. The molecule has 0 bridgehead atoms. The molecular formula is C32H37FN6O2. The summed E-state index contributed by atoms with van der Waals surface area (Å²) in [6.07, 6.45) is 7.54. The highest BCUT2D eigenvalue weighted by atomic mass is 19.1. The van der Waals surface area contributed by atoms with Gasteiger partial charge in [-0.05, 0) is 88.4 Å². The first-order chi connectivity index (χ1) is 19.6. The summed E-state index contributed by atoms with van der Waals surface area (Å²) in [5, 5.41) is 17.1. The molecule has 214 valence electrons. The fourth-order valence-corrected chi connectivity index (χ4v) is 6.48. The largest absolute Gasteiger partial charge is 0.390 e. The highest BCUT2D eigenvalue weighted by Gasteiger charge is 2.34. The van der Waals surface area contributed by atoms with Gasteiger partial charge in [-0.2, -0.15) is 0 Å². The van der Waals surface area contributed by atoms with Crippen molar-refractivity contribution < 1.29 is 14.3 Å². The molecule has 1 saturated carbocycles. The molecule has 1 aliphatic heterocycles. The number of fused-ring (bicyclic) bond motifs is 2. The fraction of sp³-hybridized carbons (Fsp3) is 0.406. The number of rotatable bonds is 7. The van der Waals surface area contributed by atoms with Gasteiger partial charge in [0, 0.05) is 30.9 Å². The molecule has 1 amide bonds. The van der Waals surface area contributed by atoms with Gasteiger partial charge in [0.05, 0.1) is 34.4 Å². The maximum atomic E-state index is 13.7. The molecule has 4 aromatic rings. The predicted octanol–water partition coefficient (Wildman–Crippen LogP) is 5.63. The van der Waals surface area contributed by atoms with Gasteiger partial charge in [0.25, 0.3) is 5.91 Å². The third-order valence-electron chi connectivity index (χ3n) is 8.57. The minimum Gasteiger partial charge on any atom is -0.390 e. The Morgan fingerprint density at radius 3 is 2.80 bits per heavy atom. The van der Waals surface area contributed by atoms with Crippen LogP contribution in [0.5, 0.6) is 0 Å². The van der Waals surface area contributed by atoms with Gasteiger partial charge in [-0.1, -0.05) is 18.6 Å². The zero-order chi connectivity index (χ0) is 28.9. The van der Waals surface area contributed by atoms with Gasteiger partial charge in [-0.15, -0.1) is 0 Å². The molecular weight excluding hydrogens is 519 g/mol. The summed E-state index contributed by atoms with van der Waals surface area (Å²) in [6.45, 7) is 4.93. The Labute approximate surface area is 239 Å². The molecule has 1 unspecified atom stereocenters. The van der Waals surface area contributed by atoms with E-state index in [-0.39, 0.29) is 17.6 Å². The fourth-order valence-electron chi connectivity index (χ4n) is 6.48. The van der Waals surface area contributed by atoms with E-state index in [2.05, 4.69) is 26.6 Å². The lowest BCUT2D eigenvalue weighted by atomic mass is 9.72. The molecule has 6 rings (SSSR count). The maximum absolute atomic E-state index is 13.7. The molecule has 41 heavy (non-hydrogen) atoms. The van der Waals surface area contributed by atoms with Crippen LogP contribution in [0, 0.1) is 11.7 Å². The molecule has 2 atom stereocenters. The number of halogens is 1. The number of aromatic nitrogens is 3. The lowest BCUT2D eigenvalue weighted by molar-refractivity contribution is -0.00306. The van der Waals surface area contributed by atoms with Crippen molar-refractivity contribution >= 4 is 23.1 Å². The Bertz CT molecular complexity index is 1620. The minimum absolute atomic E-state index is 0.144. The number of carbonyl (C=O) groups excluding carboxylic acids is 1. The molecule has 0 radical (unpaired) electrons. The Kier molecular flexibility index (Phi) is 7.03. The van der Waals surface area contributed by atoms with Crippen molar-refractivity contribution in [3.8, 4) is 11.3 Å². The van der Waals surface area contributed by atoms with Gasteiger partial charge in [0.1, 0.15) is 17.3 Å². The number of carbonyl (C=O) groups is 1. The van der Waals surface area contributed by atoms with Crippen molar-refractivity contribution in [2.75, 3.05) is 19.4 Å². The standard InChI is InChI=1S/C32H37FN6O2/c1-32(2,41)20-7-5-6-19(14-20)22-9-11-28(37-26(22)18-38(3)4)36-25-10-8-23(24-16-35-31(40)30(24)25)27-17-34-29-15-21(33)12-13-39(27)29/h8-13,15,17,19-20,41H,5-7,14,16,18H2,1-4H3,(H,35,40)(H,36,37)/t19?,20-/m0/s1. The first-order valence-corrected chi connectivity index (χ1v) is 14.3. The Balaban J connectivity index is 1.34. The lowest BCUT2D eigenvalue weighted by Gasteiger charge is -2.37. The van der Waals surface area contributed by atoms with E-state index < -0.39 is 5.60 Å². The van der Waals surface area contributed by atoms with E-state index in [1.165, 1.54) is 17.7 Å². The van der Waals surface area contributed by atoms with E-state index in [1.807, 2.05) is 50.5 Å². The summed E-state index contributed by atoms with van der Waals surface area (Å²) in [6, 6.07) is 10.8. The van der Waals surface area contributed by atoms with Gasteiger partial charge in [-0.25, -0.2) is 14.4 Å². The van der Waals surface area contributed by atoms with E-state index in [4.69, 9.17) is 4.98 Å². The van der Waals surface area contributed by atoms with Crippen molar-refractivity contribution in [3.05, 3.63) is 77.0 Å². The van der Waals surface area contributed by atoms with E-state index in [0.717, 1.165) is 48.2 Å². The molecule has 0 saturated heterocycles. The summed E-state index contributed by atoms with van der Waals surface area (Å²) in [5.41, 5.74) is 5.88. The summed E-state index contributed by atoms with van der Waals surface area (Å²) in [4.78, 5) is 24.5. The molecule has 1 aromatic carbocycles. The Morgan fingerprint density at radius 2 is 2.02 bits per heavy atom. The third-order valence-corrected chi connectivity index (χ3v) is 8.57. The number of pyridine rings is 2. The van der Waals surface area contributed by atoms with E-state index in [9.17, 15) is 14.3 Å². The number of hydrogen-bond donors (Lipinski definition) is 3. The average Bonchev–Trinajstić information content (AvgIpc) is 3.52. The van der Waals surface area contributed by atoms with Crippen LogP contribution in [0.2, 0.25) is 0 Å². The zero-order valence-electron chi connectivity index (χ0n) is 24.0. The van der Waals surface area contributed by atoms with Crippen LogP contribution in [-0.4, -0.2) is 50.0 Å². The number of nitrogens with one attached hydrogen (secondary N) is 2. The van der Waals surface area contributed by atoms with Gasteiger partial charge in [0.2, 0.25) is 0 Å². The number of aliphatic hydroxyl groups is 1. The molecule has 1 fully saturated rings. The van der Waals surface area contributed by atoms with Gasteiger partial charge < -0.3 is 20.6 Å². The summed E-state index contributed by atoms with van der Waals surface area (Å²) in [7, 11) is 4.08. The van der Waals surface area contributed by atoms with Crippen molar-refractivity contribution in [3.63, 3.8) is 0 Å². The molecule has 3 aromatic heterocycles. The molecule has 1 aliphatic carbocycles. The molecule has 0 spiro atoms. The SMILES string of the molecule is CN(C)Cc1nc(Nc2ccc(-c3cnc4cc(F)ccn34)c3c2C(=O)NC3)ccc1C1CCC[C@H](C(C)(C)O)C1. The predicted molar refractivity (Wildman–Crippen MR) is 158 cm³/mol. The lowest BCUT2D eigenvalue weighted by Crippen LogP contribution is -2.34. The maximum Gasteiger partial charge on any atom is 0.254 e. The zero-order valence-corrected chi connectivity index (χ0v) is 24.0. The molecule has 3 N–H and O–H groups in total. The first kappa shape index (κ1) is 27.4. The van der Waals surface area contributed by atoms with Crippen LogP contribution in [0.1, 0.15) is 72.6 Å². The molecule has 8 nitrogen and oxygen atoms in total. The summed E-state index contributed by atoms with van der Waals surface area (Å²) >= 11 is 0. The van der Waals surface area contributed by atoms with Crippen LogP contribution in [0.15, 0.2) is 48.8 Å². The highest BCUT2D eigenvalue weighted by Crippen LogP contribution is 2.42. The first-order valence-electron chi connectivity index (χ1n) is 14.3. The summed E-state index contributed by atoms with van der Waals surface area (Å²) in [5.74, 6) is 0.807. The Hall–Kier alpha value is -3.82. The van der Waals surface area contributed by atoms with Crippen molar-refractivity contribution in [2.24, 2.45) is 5.92 Å². The van der Waals surface area contributed by atoms with Crippen molar-refractivity contribution in [2.45, 2.75) is 64.1 Å². The van der Waals surface area contributed by atoms with Crippen LogP contribution in [0.25, 0.3) is 16.9 Å². The van der Waals surface area contributed by atoms with Crippen LogP contribution in [-0.2, 0) is 13.1 Å². The quantitative estimate of drug-likeness (QED) is 0.273. The highest BCUT2D eigenvalue weighted by molar-refractivity contribution is 6.06. The second-order valence-corrected chi connectivity index (χ2v) is 12.2. The molecule has 9 heteroatoms. The van der Waals surface area contributed by atoms with E-state index in [0.29, 0.717) is 41.7 Å². The summed E-state index contributed by atoms with van der Waals surface area (Å²) < 4.78 is 15.6. The topological polar surface area (TPSA) is 94.8 Å². The second-order valence-electron chi connectivity index (χ2n) is 12.2. The number of nitrogens with zero attached hydrogens (tertiary/aromatic N) is 4. The minimum atomic E-state index is -0.693. The van der Waals surface area contributed by atoms with Gasteiger partial charge >= 0.3 is 0 Å². The van der Waals surface area contributed by atoms with Gasteiger partial charge in [-0.3, -0.25) is 9.20 Å². The van der Waals surface area contributed by atoms with Crippen molar-refractivity contribution in [1.82, 2.24) is 24.6 Å². The molecule has 2 aliphatic rings. The Morgan fingerprint density at radius 1 is 1.20 bits per heavy atom. The van der Waals surface area contributed by atoms with Crippen LogP contribution < -0.4 is 10.6 Å².